The molecule has 0 saturated carbocycles. The number of pyridine rings is 1. The maximum absolute atomic E-state index is 6.25. The van der Waals surface area contributed by atoms with Crippen molar-refractivity contribution in [1.82, 2.24) is 24.3 Å². The van der Waals surface area contributed by atoms with E-state index in [0.29, 0.717) is 36.2 Å². The Morgan fingerprint density at radius 1 is 0.917 bits per heavy atom. The minimum absolute atomic E-state index is 0. The second-order valence-corrected chi connectivity index (χ2v) is 8.12. The van der Waals surface area contributed by atoms with Gasteiger partial charge < -0.3 is 25.4 Å². The van der Waals surface area contributed by atoms with Crippen LogP contribution in [-0.4, -0.2) is 44.0 Å². The van der Waals surface area contributed by atoms with Crippen LogP contribution < -0.4 is 19.9 Å². The Morgan fingerprint density at radius 2 is 1.69 bits per heavy atom. The van der Waals surface area contributed by atoms with Crippen LogP contribution in [-0.2, 0) is 20.2 Å². The first-order valence-electron chi connectivity index (χ1n) is 11.1. The van der Waals surface area contributed by atoms with Crippen LogP contribution in [0.15, 0.2) is 67.0 Å². The van der Waals surface area contributed by atoms with Gasteiger partial charge in [-0.3, -0.25) is 9.25 Å². The third kappa shape index (κ3) is 4.93. The number of aryl methyl sites for hydroxylation is 1. The van der Waals surface area contributed by atoms with Gasteiger partial charge in [-0.05, 0) is 47.5 Å². The molecule has 0 radical (unpaired) electrons. The fourth-order valence-corrected chi connectivity index (χ4v) is 3.89. The molecule has 0 atom stereocenters. The molecule has 0 spiro atoms. The highest BCUT2D eigenvalue weighted by Crippen LogP contribution is 2.30. The zero-order chi connectivity index (χ0) is 24.4. The first kappa shape index (κ1) is 24.6. The Balaban J connectivity index is 0.00000304. The maximum atomic E-state index is 6.25. The number of anilines is 1. The van der Waals surface area contributed by atoms with Crippen LogP contribution in [0, 0.1) is 0 Å². The zero-order valence-electron chi connectivity index (χ0n) is 20.3. The smallest absolute Gasteiger partial charge is 0.202 e. The van der Waals surface area contributed by atoms with Crippen LogP contribution in [0.25, 0.3) is 22.4 Å². The topological polar surface area (TPSA) is 134 Å². The summed E-state index contributed by atoms with van der Waals surface area (Å²) < 4.78 is 20.4. The number of nitrogens with zero attached hydrogens (tertiary/aromatic N) is 5. The number of benzene rings is 2. The number of hydrogen-bond donors (Lipinski definition) is 1. The van der Waals surface area contributed by atoms with E-state index in [2.05, 4.69) is 15.1 Å². The lowest BCUT2D eigenvalue weighted by Gasteiger charge is -2.13. The first-order chi connectivity index (χ1) is 17.0. The van der Waals surface area contributed by atoms with Crippen molar-refractivity contribution in [2.24, 2.45) is 7.05 Å². The van der Waals surface area contributed by atoms with Crippen LogP contribution in [0.5, 0.6) is 17.2 Å². The van der Waals surface area contributed by atoms with Gasteiger partial charge in [0.05, 0.1) is 26.5 Å². The quantitative estimate of drug-likeness (QED) is 0.354. The van der Waals surface area contributed by atoms with Crippen molar-refractivity contribution < 1.29 is 19.7 Å². The summed E-state index contributed by atoms with van der Waals surface area (Å²) in [7, 11) is 5.15. The lowest BCUT2D eigenvalue weighted by molar-refractivity contribution is 0.284. The van der Waals surface area contributed by atoms with Crippen molar-refractivity contribution in [3.63, 3.8) is 0 Å². The summed E-state index contributed by atoms with van der Waals surface area (Å²) in [4.78, 5) is 9.14. The van der Waals surface area contributed by atoms with E-state index < -0.39 is 0 Å². The van der Waals surface area contributed by atoms with E-state index in [9.17, 15) is 0 Å². The Labute approximate surface area is 208 Å². The molecule has 0 fully saturated rings. The number of fused-ring (bicyclic) bond motifs is 1. The standard InChI is InChI=1S/C26H26N6O3.H2O/c1-31-11-10-21(30-31)19-13-22-25(28-14-19)32(26(27)29-22)15-18-6-9-23(24(12-18)34-3)35-16-17-4-7-20(33-2)8-5-17;/h4-14H,15-16H2,1-3H3,(H2,27,29);1H2. The SMILES string of the molecule is COc1ccc(COc2ccc(Cn3c(N)nc4cc(-c5ccn(C)n5)cnc43)cc2OC)cc1.O. The van der Waals surface area contributed by atoms with Gasteiger partial charge in [-0.15, -0.1) is 0 Å². The first-order valence-corrected chi connectivity index (χ1v) is 11.1. The van der Waals surface area contributed by atoms with Crippen molar-refractivity contribution in [2.75, 3.05) is 20.0 Å². The average molecular weight is 489 g/mol. The molecule has 3 aromatic heterocycles. The average Bonchev–Trinajstić information content (AvgIpc) is 3.45. The van der Waals surface area contributed by atoms with Crippen LogP contribution in [0.1, 0.15) is 11.1 Å². The molecule has 10 nitrogen and oxygen atoms in total. The van der Waals surface area contributed by atoms with Crippen LogP contribution in [0.2, 0.25) is 0 Å². The summed E-state index contributed by atoms with van der Waals surface area (Å²) in [5.74, 6) is 2.51. The zero-order valence-corrected chi connectivity index (χ0v) is 20.3. The summed E-state index contributed by atoms with van der Waals surface area (Å²) in [6.07, 6.45) is 3.68. The molecule has 0 aliphatic carbocycles. The number of ether oxygens (including phenoxy) is 3. The van der Waals surface area contributed by atoms with Crippen molar-refractivity contribution in [3.8, 4) is 28.5 Å². The summed E-state index contributed by atoms with van der Waals surface area (Å²) in [6, 6.07) is 17.5. The summed E-state index contributed by atoms with van der Waals surface area (Å²) in [5, 5.41) is 4.43. The molecule has 0 unspecified atom stereocenters. The monoisotopic (exact) mass is 488 g/mol. The van der Waals surface area contributed by atoms with Gasteiger partial charge in [0.15, 0.2) is 17.1 Å². The van der Waals surface area contributed by atoms with Gasteiger partial charge in [-0.1, -0.05) is 18.2 Å². The number of nitrogens with two attached hydrogens (primary N) is 1. The number of aromatic nitrogens is 5. The fourth-order valence-electron chi connectivity index (χ4n) is 3.89. The Morgan fingerprint density at radius 3 is 2.39 bits per heavy atom. The number of rotatable bonds is 8. The van der Waals surface area contributed by atoms with Gasteiger partial charge in [0.1, 0.15) is 17.9 Å². The molecule has 10 heteroatoms. The van der Waals surface area contributed by atoms with Gasteiger partial charge >= 0.3 is 0 Å². The minimum Gasteiger partial charge on any atom is -0.497 e. The highest BCUT2D eigenvalue weighted by molar-refractivity contribution is 5.79. The fraction of sp³-hybridized carbons (Fsp3) is 0.192. The molecular weight excluding hydrogens is 460 g/mol. The molecule has 0 aliphatic heterocycles. The third-order valence-electron chi connectivity index (χ3n) is 5.75. The predicted octanol–water partition coefficient (Wildman–Crippen LogP) is 3.23. The molecular formula is C26H28N6O4. The van der Waals surface area contributed by atoms with Crippen molar-refractivity contribution >= 4 is 17.1 Å². The van der Waals surface area contributed by atoms with E-state index in [1.807, 2.05) is 72.4 Å². The number of imidazole rings is 1. The maximum Gasteiger partial charge on any atom is 0.202 e. The molecule has 0 bridgehead atoms. The van der Waals surface area contributed by atoms with E-state index in [1.54, 1.807) is 25.1 Å². The number of nitrogen functional groups attached to an aromatic ring is 1. The van der Waals surface area contributed by atoms with Crippen LogP contribution in [0.4, 0.5) is 5.95 Å². The van der Waals surface area contributed by atoms with Gasteiger partial charge in [-0.2, -0.15) is 5.10 Å². The molecule has 2 aromatic carbocycles. The van der Waals surface area contributed by atoms with E-state index in [-0.39, 0.29) is 5.48 Å². The largest absolute Gasteiger partial charge is 0.497 e. The summed E-state index contributed by atoms with van der Waals surface area (Å²) in [6.45, 7) is 0.911. The van der Waals surface area contributed by atoms with Crippen molar-refractivity contribution in [1.29, 1.82) is 0 Å². The minimum atomic E-state index is 0. The molecule has 5 rings (SSSR count). The number of hydrogen-bond acceptors (Lipinski definition) is 7. The van der Waals surface area contributed by atoms with E-state index >= 15 is 0 Å². The lowest BCUT2D eigenvalue weighted by Crippen LogP contribution is -2.06. The molecule has 3 heterocycles. The van der Waals surface area contributed by atoms with Gasteiger partial charge in [0.25, 0.3) is 0 Å². The Hall–Kier alpha value is -4.57. The normalized spacial score (nSPS) is 10.8. The lowest BCUT2D eigenvalue weighted by atomic mass is 10.2. The van der Waals surface area contributed by atoms with Crippen molar-refractivity contribution in [2.45, 2.75) is 13.2 Å². The molecule has 0 amide bonds. The number of methoxy groups -OCH3 is 2. The van der Waals surface area contributed by atoms with E-state index in [4.69, 9.17) is 19.9 Å². The van der Waals surface area contributed by atoms with Gasteiger partial charge in [-0.25, -0.2) is 9.97 Å². The van der Waals surface area contributed by atoms with E-state index in [0.717, 1.165) is 33.7 Å². The van der Waals surface area contributed by atoms with Crippen LogP contribution >= 0.6 is 0 Å². The molecule has 4 N–H and O–H groups in total. The molecule has 5 aromatic rings. The summed E-state index contributed by atoms with van der Waals surface area (Å²) >= 11 is 0. The molecule has 0 saturated heterocycles. The Kier molecular flexibility index (Phi) is 7.07. The van der Waals surface area contributed by atoms with Crippen LogP contribution in [0.3, 0.4) is 0 Å². The highest BCUT2D eigenvalue weighted by atomic mass is 16.5. The predicted molar refractivity (Wildman–Crippen MR) is 137 cm³/mol. The second kappa shape index (κ2) is 10.4. The third-order valence-corrected chi connectivity index (χ3v) is 5.75. The highest BCUT2D eigenvalue weighted by Gasteiger charge is 2.14. The van der Waals surface area contributed by atoms with E-state index in [1.165, 1.54) is 0 Å². The van der Waals surface area contributed by atoms with Gasteiger partial charge in [0.2, 0.25) is 5.95 Å². The summed E-state index contributed by atoms with van der Waals surface area (Å²) in [5.41, 5.74) is 11.4. The van der Waals surface area contributed by atoms with Gasteiger partial charge in [0, 0.05) is 25.0 Å². The second-order valence-electron chi connectivity index (χ2n) is 8.12. The molecule has 0 aliphatic rings. The Bertz CT molecular complexity index is 1480. The molecule has 36 heavy (non-hydrogen) atoms. The molecule has 186 valence electrons. The van der Waals surface area contributed by atoms with Crippen molar-refractivity contribution in [3.05, 3.63) is 78.1 Å².